The number of Topliss-reactive ketones (excluding diaryl/α,β-unsaturated/α-hetero) is 1. The van der Waals surface area contributed by atoms with E-state index in [1.54, 1.807) is 0 Å². The Hall–Kier alpha value is -0.790. The van der Waals surface area contributed by atoms with E-state index in [-0.39, 0.29) is 11.3 Å². The monoisotopic (exact) mass is 426 g/mol. The molecule has 174 valence electrons. The first-order valence-corrected chi connectivity index (χ1v) is 13.5. The average Bonchev–Trinajstić information content (AvgIpc) is 3.13. The number of fused-ring (bicyclic) bond motifs is 7. The lowest BCUT2D eigenvalue weighted by Gasteiger charge is -2.67. The topological polar surface area (TPSA) is 37.3 Å². The van der Waals surface area contributed by atoms with E-state index in [0.717, 1.165) is 49.4 Å². The quantitative estimate of drug-likeness (QED) is 0.462. The van der Waals surface area contributed by atoms with Gasteiger partial charge in [0.25, 0.3) is 0 Å². The van der Waals surface area contributed by atoms with Crippen LogP contribution in [0.1, 0.15) is 98.8 Å². The fraction of sp³-hybridized carbons (Fsp3) is 0.897. The van der Waals surface area contributed by atoms with E-state index in [0.29, 0.717) is 40.1 Å². The summed E-state index contributed by atoms with van der Waals surface area (Å²) in [6, 6.07) is 0. The Kier molecular flexibility index (Phi) is 5.05. The number of allylic oxidation sites excluding steroid dienone is 1. The summed E-state index contributed by atoms with van der Waals surface area (Å²) in [6.07, 6.45) is 12.0. The van der Waals surface area contributed by atoms with Crippen LogP contribution in [-0.2, 0) is 4.79 Å². The molecule has 1 N–H and O–H groups in total. The van der Waals surface area contributed by atoms with Crippen LogP contribution in [0, 0.1) is 63.6 Å². The molecule has 0 heterocycles. The van der Waals surface area contributed by atoms with Gasteiger partial charge in [-0.15, -0.1) is 0 Å². The van der Waals surface area contributed by atoms with Crippen molar-refractivity contribution in [1.29, 1.82) is 0 Å². The van der Waals surface area contributed by atoms with Gasteiger partial charge in [0.05, 0.1) is 5.76 Å². The number of rotatable bonds is 2. The van der Waals surface area contributed by atoms with Crippen LogP contribution in [0.2, 0.25) is 0 Å². The summed E-state index contributed by atoms with van der Waals surface area (Å²) in [5, 5.41) is 10.8. The van der Waals surface area contributed by atoms with E-state index in [2.05, 4.69) is 41.2 Å². The summed E-state index contributed by atoms with van der Waals surface area (Å²) in [6.45, 7) is 16.4. The number of carbonyl (C=O) groups is 1. The maximum atomic E-state index is 12.6. The maximum absolute atomic E-state index is 12.6. The Labute approximate surface area is 190 Å². The van der Waals surface area contributed by atoms with Gasteiger partial charge in [0, 0.05) is 17.8 Å². The minimum Gasteiger partial charge on any atom is -0.512 e. The molecule has 0 spiro atoms. The molecular formula is C29H46O2. The molecule has 5 aliphatic rings. The van der Waals surface area contributed by atoms with Crippen molar-refractivity contribution in [1.82, 2.24) is 0 Å². The van der Waals surface area contributed by atoms with E-state index < -0.39 is 0 Å². The summed E-state index contributed by atoms with van der Waals surface area (Å²) >= 11 is 0. The molecule has 2 heteroatoms. The van der Waals surface area contributed by atoms with Crippen LogP contribution in [0.15, 0.2) is 12.3 Å². The van der Waals surface area contributed by atoms with E-state index in [4.69, 9.17) is 0 Å². The Balaban J connectivity index is 1.51. The van der Waals surface area contributed by atoms with Gasteiger partial charge in [0.1, 0.15) is 5.78 Å². The molecule has 31 heavy (non-hydrogen) atoms. The van der Waals surface area contributed by atoms with Gasteiger partial charge in [-0.1, -0.05) is 41.2 Å². The zero-order valence-electron chi connectivity index (χ0n) is 20.8. The third-order valence-corrected chi connectivity index (χ3v) is 12.4. The summed E-state index contributed by atoms with van der Waals surface area (Å²) in [5.74, 6) is 6.22. The standard InChI is InChI=1S/C29H46O2/c1-17(2)20-9-15-29(19(4)30)16-11-23-21(26(20)29)7-8-25-27(5)14-12-24(31)18(3)22(27)10-13-28(23,25)6/h17-18,20-23,25-26,30H,4,7-16H2,1-3,5-6H3/t18-,20-,21?,22?,23?,25?,26?,27+,28+,29-/m1/s1. The fourth-order valence-electron chi connectivity index (χ4n) is 11.0. The number of carbonyl (C=O) groups excluding carboxylic acids is 1. The Morgan fingerprint density at radius 2 is 1.61 bits per heavy atom. The van der Waals surface area contributed by atoms with E-state index in [1.807, 2.05) is 0 Å². The Morgan fingerprint density at radius 3 is 2.29 bits per heavy atom. The first kappa shape index (κ1) is 22.0. The number of ketones is 1. The summed E-state index contributed by atoms with van der Waals surface area (Å²) in [7, 11) is 0. The van der Waals surface area contributed by atoms with Gasteiger partial charge < -0.3 is 5.11 Å². The number of hydrogen-bond donors (Lipinski definition) is 1. The van der Waals surface area contributed by atoms with E-state index in [9.17, 15) is 9.90 Å². The van der Waals surface area contributed by atoms with Crippen LogP contribution in [0.25, 0.3) is 0 Å². The first-order chi connectivity index (χ1) is 14.6. The van der Waals surface area contributed by atoms with Gasteiger partial charge >= 0.3 is 0 Å². The van der Waals surface area contributed by atoms with Crippen LogP contribution in [-0.4, -0.2) is 10.9 Å². The number of aliphatic hydroxyl groups is 1. The molecule has 0 saturated heterocycles. The highest BCUT2D eigenvalue weighted by molar-refractivity contribution is 5.82. The van der Waals surface area contributed by atoms with E-state index >= 15 is 0 Å². The minimum atomic E-state index is -0.00776. The zero-order chi connectivity index (χ0) is 22.3. The average molecular weight is 427 g/mol. The number of hydrogen-bond acceptors (Lipinski definition) is 2. The molecule has 5 saturated carbocycles. The molecule has 5 fully saturated rings. The predicted molar refractivity (Wildman–Crippen MR) is 127 cm³/mol. The molecule has 10 atom stereocenters. The predicted octanol–water partition coefficient (Wildman–Crippen LogP) is 7.58. The van der Waals surface area contributed by atoms with Crippen LogP contribution in [0.5, 0.6) is 0 Å². The van der Waals surface area contributed by atoms with Crippen molar-refractivity contribution in [3.63, 3.8) is 0 Å². The van der Waals surface area contributed by atoms with Crippen molar-refractivity contribution >= 4 is 5.78 Å². The van der Waals surface area contributed by atoms with Gasteiger partial charge in [-0.25, -0.2) is 0 Å². The molecule has 5 aliphatic carbocycles. The molecule has 5 rings (SSSR count). The van der Waals surface area contributed by atoms with Crippen molar-refractivity contribution < 1.29 is 9.90 Å². The third kappa shape index (κ3) is 2.78. The summed E-state index contributed by atoms with van der Waals surface area (Å²) in [5.41, 5.74) is 0.737. The van der Waals surface area contributed by atoms with Crippen molar-refractivity contribution in [2.45, 2.75) is 98.8 Å². The molecule has 2 nitrogen and oxygen atoms in total. The van der Waals surface area contributed by atoms with E-state index in [1.165, 1.54) is 38.5 Å². The third-order valence-electron chi connectivity index (χ3n) is 12.4. The maximum Gasteiger partial charge on any atom is 0.136 e. The molecule has 0 aromatic heterocycles. The second-order valence-corrected chi connectivity index (χ2v) is 13.4. The second kappa shape index (κ2) is 7.10. The Bertz CT molecular complexity index is 769. The smallest absolute Gasteiger partial charge is 0.136 e. The van der Waals surface area contributed by atoms with Crippen LogP contribution >= 0.6 is 0 Å². The molecule has 0 bridgehead atoms. The highest BCUT2D eigenvalue weighted by atomic mass is 16.3. The highest BCUT2D eigenvalue weighted by Gasteiger charge is 2.66. The van der Waals surface area contributed by atoms with Gasteiger partial charge in [-0.2, -0.15) is 0 Å². The summed E-state index contributed by atoms with van der Waals surface area (Å²) in [4.78, 5) is 12.6. The molecule has 5 unspecified atom stereocenters. The lowest BCUT2D eigenvalue weighted by molar-refractivity contribution is -0.187. The van der Waals surface area contributed by atoms with Crippen LogP contribution in [0.4, 0.5) is 0 Å². The Morgan fingerprint density at radius 1 is 0.968 bits per heavy atom. The zero-order valence-corrected chi connectivity index (χ0v) is 20.8. The highest BCUT2D eigenvalue weighted by Crippen LogP contribution is 2.73. The van der Waals surface area contributed by atoms with Crippen molar-refractivity contribution in [3.05, 3.63) is 12.3 Å². The first-order valence-electron chi connectivity index (χ1n) is 13.5. The van der Waals surface area contributed by atoms with Gasteiger partial charge in [0.2, 0.25) is 0 Å². The largest absolute Gasteiger partial charge is 0.512 e. The van der Waals surface area contributed by atoms with Gasteiger partial charge in [0.15, 0.2) is 0 Å². The van der Waals surface area contributed by atoms with Crippen LogP contribution < -0.4 is 0 Å². The van der Waals surface area contributed by atoms with Crippen molar-refractivity contribution in [2.75, 3.05) is 0 Å². The minimum absolute atomic E-state index is 0.00776. The lowest BCUT2D eigenvalue weighted by atomic mass is 9.37. The molecule has 0 amide bonds. The molecule has 0 aromatic rings. The van der Waals surface area contributed by atoms with Gasteiger partial charge in [-0.3, -0.25) is 4.79 Å². The van der Waals surface area contributed by atoms with Crippen LogP contribution in [0.3, 0.4) is 0 Å². The van der Waals surface area contributed by atoms with Crippen molar-refractivity contribution in [2.24, 2.45) is 63.6 Å². The fourth-order valence-corrected chi connectivity index (χ4v) is 11.0. The molecule has 0 aliphatic heterocycles. The van der Waals surface area contributed by atoms with Gasteiger partial charge in [-0.05, 0) is 110 Å². The second-order valence-electron chi connectivity index (χ2n) is 13.4. The normalized spacial score (nSPS) is 54.0. The lowest BCUT2D eigenvalue weighted by Crippen LogP contribution is -2.61. The molecular weight excluding hydrogens is 380 g/mol. The molecule has 0 radical (unpaired) electrons. The summed E-state index contributed by atoms with van der Waals surface area (Å²) < 4.78 is 0. The molecule has 0 aromatic carbocycles. The van der Waals surface area contributed by atoms with Crippen molar-refractivity contribution in [3.8, 4) is 0 Å². The number of aliphatic hydroxyl groups excluding tert-OH is 1. The SMILES string of the molecule is C=C(O)[C@@]12CCC3C(CCC4[C@@]3(C)CCC3[C@@H](C)C(=O)CC[C@@]34C)C1[C@@H](C(C)C)CC2.